The molecule has 0 aromatic carbocycles. The summed E-state index contributed by atoms with van der Waals surface area (Å²) in [6.07, 6.45) is 6.03. The molecule has 3 nitrogen and oxygen atoms in total. The molecule has 0 aromatic heterocycles. The molecule has 80 valence electrons. The topological polar surface area (TPSA) is 46.3 Å². The summed E-state index contributed by atoms with van der Waals surface area (Å²) in [6, 6.07) is 0. The van der Waals surface area contributed by atoms with Gasteiger partial charge in [0.2, 0.25) is 5.91 Å². The van der Waals surface area contributed by atoms with Gasteiger partial charge in [0.1, 0.15) is 0 Å². The molecule has 1 atom stereocenters. The van der Waals surface area contributed by atoms with Crippen LogP contribution in [0.15, 0.2) is 0 Å². The Labute approximate surface area is 85.6 Å². The van der Waals surface area contributed by atoms with E-state index in [0.717, 1.165) is 19.0 Å². The van der Waals surface area contributed by atoms with Crippen molar-refractivity contribution >= 4 is 5.91 Å². The van der Waals surface area contributed by atoms with Crippen LogP contribution in [0, 0.1) is 11.8 Å². The molecule has 0 aromatic rings. The zero-order valence-electron chi connectivity index (χ0n) is 8.74. The summed E-state index contributed by atoms with van der Waals surface area (Å²) in [6.45, 7) is 2.56. The Balaban J connectivity index is 1.82. The fourth-order valence-electron chi connectivity index (χ4n) is 2.69. The van der Waals surface area contributed by atoms with Crippen molar-refractivity contribution in [3.05, 3.63) is 0 Å². The van der Waals surface area contributed by atoms with E-state index >= 15 is 0 Å². The minimum Gasteiger partial charge on any atom is -0.342 e. The highest BCUT2D eigenvalue weighted by Gasteiger charge is 2.30. The molecule has 0 radical (unpaired) electrons. The van der Waals surface area contributed by atoms with Crippen LogP contribution in [-0.4, -0.2) is 30.4 Å². The summed E-state index contributed by atoms with van der Waals surface area (Å²) in [5.41, 5.74) is 5.59. The van der Waals surface area contributed by atoms with Crippen molar-refractivity contribution in [1.29, 1.82) is 0 Å². The third-order valence-corrected chi connectivity index (χ3v) is 3.58. The first-order chi connectivity index (χ1) is 6.79. The zero-order valence-corrected chi connectivity index (χ0v) is 8.74. The minimum atomic E-state index is 0.326. The molecule has 1 saturated heterocycles. The maximum atomic E-state index is 11.6. The van der Waals surface area contributed by atoms with E-state index in [2.05, 4.69) is 0 Å². The van der Waals surface area contributed by atoms with E-state index < -0.39 is 0 Å². The lowest BCUT2D eigenvalue weighted by Crippen LogP contribution is -2.30. The number of rotatable bonds is 3. The lowest BCUT2D eigenvalue weighted by molar-refractivity contribution is -0.128. The molecule has 2 fully saturated rings. The highest BCUT2D eigenvalue weighted by molar-refractivity contribution is 5.78. The Morgan fingerprint density at radius 1 is 1.29 bits per heavy atom. The highest BCUT2D eigenvalue weighted by Crippen LogP contribution is 2.27. The van der Waals surface area contributed by atoms with Crippen molar-refractivity contribution < 1.29 is 4.79 Å². The maximum absolute atomic E-state index is 11.6. The molecule has 2 N–H and O–H groups in total. The largest absolute Gasteiger partial charge is 0.342 e. The number of likely N-dealkylation sites (tertiary alicyclic amines) is 1. The first kappa shape index (κ1) is 9.97. The normalized spacial score (nSPS) is 29.1. The van der Waals surface area contributed by atoms with Gasteiger partial charge in [0.25, 0.3) is 0 Å². The smallest absolute Gasteiger partial charge is 0.222 e. The number of nitrogens with zero attached hydrogens (tertiary/aromatic N) is 1. The third-order valence-electron chi connectivity index (χ3n) is 3.58. The maximum Gasteiger partial charge on any atom is 0.222 e. The van der Waals surface area contributed by atoms with Crippen LogP contribution in [0.5, 0.6) is 0 Å². The first-order valence-corrected chi connectivity index (χ1v) is 5.77. The monoisotopic (exact) mass is 196 g/mol. The van der Waals surface area contributed by atoms with E-state index in [4.69, 9.17) is 5.73 Å². The van der Waals surface area contributed by atoms with E-state index in [1.54, 1.807) is 0 Å². The van der Waals surface area contributed by atoms with Crippen LogP contribution in [-0.2, 0) is 4.79 Å². The lowest BCUT2D eigenvalue weighted by atomic mass is 10.1. The van der Waals surface area contributed by atoms with Crippen LogP contribution < -0.4 is 5.73 Å². The second-order valence-electron chi connectivity index (χ2n) is 4.76. The van der Waals surface area contributed by atoms with Gasteiger partial charge < -0.3 is 10.6 Å². The second-order valence-corrected chi connectivity index (χ2v) is 4.76. The summed E-state index contributed by atoms with van der Waals surface area (Å²) in [4.78, 5) is 13.6. The van der Waals surface area contributed by atoms with Gasteiger partial charge in [-0.25, -0.2) is 0 Å². The Morgan fingerprint density at radius 2 is 2.00 bits per heavy atom. The summed E-state index contributed by atoms with van der Waals surface area (Å²) < 4.78 is 0. The fourth-order valence-corrected chi connectivity index (χ4v) is 2.69. The highest BCUT2D eigenvalue weighted by atomic mass is 16.2. The quantitative estimate of drug-likeness (QED) is 0.731. The minimum absolute atomic E-state index is 0.326. The Morgan fingerprint density at radius 3 is 2.57 bits per heavy atom. The molecular formula is C11H20N2O. The van der Waals surface area contributed by atoms with Crippen LogP contribution in [0.2, 0.25) is 0 Å². The number of nitrogens with two attached hydrogens (primary N) is 1. The van der Waals surface area contributed by atoms with Crippen molar-refractivity contribution in [2.24, 2.45) is 17.6 Å². The van der Waals surface area contributed by atoms with Gasteiger partial charge in [-0.05, 0) is 31.2 Å². The molecule has 1 unspecified atom stereocenters. The van der Waals surface area contributed by atoms with Gasteiger partial charge in [0.15, 0.2) is 0 Å². The van der Waals surface area contributed by atoms with Gasteiger partial charge in [-0.3, -0.25) is 4.79 Å². The number of hydrogen-bond acceptors (Lipinski definition) is 2. The van der Waals surface area contributed by atoms with E-state index in [1.165, 1.54) is 25.7 Å². The van der Waals surface area contributed by atoms with Gasteiger partial charge in [-0.15, -0.1) is 0 Å². The van der Waals surface area contributed by atoms with Crippen molar-refractivity contribution in [1.82, 2.24) is 4.90 Å². The van der Waals surface area contributed by atoms with E-state index in [9.17, 15) is 4.79 Å². The SMILES string of the molecule is NCC1CC(=O)N(CC2CCCC2)C1. The standard InChI is InChI=1S/C11H20N2O/c12-6-10-5-11(14)13(8-10)7-9-3-1-2-4-9/h9-10H,1-8,12H2. The lowest BCUT2D eigenvalue weighted by Gasteiger charge is -2.20. The second kappa shape index (κ2) is 4.30. The van der Waals surface area contributed by atoms with Gasteiger partial charge in [0, 0.05) is 19.5 Å². The predicted molar refractivity (Wildman–Crippen MR) is 55.7 cm³/mol. The van der Waals surface area contributed by atoms with Crippen molar-refractivity contribution in [2.75, 3.05) is 19.6 Å². The first-order valence-electron chi connectivity index (χ1n) is 5.77. The van der Waals surface area contributed by atoms with Crippen LogP contribution in [0.1, 0.15) is 32.1 Å². The molecule has 3 heteroatoms. The van der Waals surface area contributed by atoms with Crippen LogP contribution >= 0.6 is 0 Å². The van der Waals surface area contributed by atoms with Gasteiger partial charge in [0.05, 0.1) is 0 Å². The van der Waals surface area contributed by atoms with E-state index in [0.29, 0.717) is 24.8 Å². The van der Waals surface area contributed by atoms with Crippen molar-refractivity contribution in [2.45, 2.75) is 32.1 Å². The van der Waals surface area contributed by atoms with Crippen molar-refractivity contribution in [3.8, 4) is 0 Å². The zero-order chi connectivity index (χ0) is 9.97. The number of amides is 1. The van der Waals surface area contributed by atoms with E-state index in [-0.39, 0.29) is 0 Å². The van der Waals surface area contributed by atoms with Gasteiger partial charge in [-0.1, -0.05) is 12.8 Å². The molecule has 0 spiro atoms. The van der Waals surface area contributed by atoms with Gasteiger partial charge >= 0.3 is 0 Å². The number of carbonyl (C=O) groups excluding carboxylic acids is 1. The molecular weight excluding hydrogens is 176 g/mol. The molecule has 2 aliphatic rings. The van der Waals surface area contributed by atoms with Crippen LogP contribution in [0.25, 0.3) is 0 Å². The summed E-state index contributed by atoms with van der Waals surface area (Å²) in [5.74, 6) is 1.52. The van der Waals surface area contributed by atoms with Crippen LogP contribution in [0.4, 0.5) is 0 Å². The molecule has 0 bridgehead atoms. The summed E-state index contributed by atoms with van der Waals surface area (Å²) in [7, 11) is 0. The average molecular weight is 196 g/mol. The summed E-state index contributed by atoms with van der Waals surface area (Å²) >= 11 is 0. The van der Waals surface area contributed by atoms with Crippen molar-refractivity contribution in [3.63, 3.8) is 0 Å². The van der Waals surface area contributed by atoms with Gasteiger partial charge in [-0.2, -0.15) is 0 Å². The van der Waals surface area contributed by atoms with Crippen LogP contribution in [0.3, 0.4) is 0 Å². The Bertz CT molecular complexity index is 211. The average Bonchev–Trinajstić information content (AvgIpc) is 2.78. The molecule has 1 aliphatic heterocycles. The molecule has 1 saturated carbocycles. The Kier molecular flexibility index (Phi) is 3.06. The molecule has 1 heterocycles. The molecule has 2 rings (SSSR count). The molecule has 14 heavy (non-hydrogen) atoms. The Hall–Kier alpha value is -0.570. The number of hydrogen-bond donors (Lipinski definition) is 1. The molecule has 1 amide bonds. The summed E-state index contributed by atoms with van der Waals surface area (Å²) in [5, 5.41) is 0. The predicted octanol–water partition coefficient (Wildman–Crippen LogP) is 0.984. The third kappa shape index (κ3) is 2.08. The molecule has 1 aliphatic carbocycles. The van der Waals surface area contributed by atoms with E-state index in [1.807, 2.05) is 4.90 Å². The number of carbonyl (C=O) groups is 1. The fraction of sp³-hybridized carbons (Fsp3) is 0.909.